The van der Waals surface area contributed by atoms with Gasteiger partial charge >= 0.3 is 0 Å². The molecule has 0 aromatic carbocycles. The summed E-state index contributed by atoms with van der Waals surface area (Å²) in [5.41, 5.74) is 6.93. The highest BCUT2D eigenvalue weighted by Crippen LogP contribution is 2.17. The van der Waals surface area contributed by atoms with Gasteiger partial charge in [-0.1, -0.05) is 0 Å². The van der Waals surface area contributed by atoms with Crippen LogP contribution in [0.3, 0.4) is 0 Å². The molecule has 0 saturated carbocycles. The van der Waals surface area contributed by atoms with Crippen molar-refractivity contribution in [1.29, 1.82) is 0 Å². The number of rotatable bonds is 2. The third-order valence-electron chi connectivity index (χ3n) is 2.80. The molecule has 2 N–H and O–H groups in total. The minimum absolute atomic E-state index is 0.0284. The van der Waals surface area contributed by atoms with E-state index < -0.39 is 10.8 Å². The van der Waals surface area contributed by atoms with Gasteiger partial charge in [0.15, 0.2) is 0 Å². The van der Waals surface area contributed by atoms with E-state index in [1.165, 1.54) is 0 Å². The average Bonchev–Trinajstić information content (AvgIpc) is 2.30. The van der Waals surface area contributed by atoms with Gasteiger partial charge in [-0.15, -0.1) is 0 Å². The summed E-state index contributed by atoms with van der Waals surface area (Å²) in [6.07, 6.45) is 1.79. The monoisotopic (exact) mass is 239 g/mol. The molecule has 0 aliphatic carbocycles. The Balaban J connectivity index is 2.14. The quantitative estimate of drug-likeness (QED) is 0.824. The van der Waals surface area contributed by atoms with Crippen molar-refractivity contribution in [2.24, 2.45) is 5.73 Å². The summed E-state index contributed by atoms with van der Waals surface area (Å²) in [6, 6.07) is 4.00. The van der Waals surface area contributed by atoms with E-state index in [1.807, 2.05) is 19.1 Å². The van der Waals surface area contributed by atoms with Crippen LogP contribution in [0, 0.1) is 0 Å². The Morgan fingerprint density at radius 1 is 1.50 bits per heavy atom. The van der Waals surface area contributed by atoms with Crippen LogP contribution in [0.2, 0.25) is 0 Å². The van der Waals surface area contributed by atoms with Crippen LogP contribution in [0.15, 0.2) is 18.3 Å². The van der Waals surface area contributed by atoms with Gasteiger partial charge in [0, 0.05) is 47.6 Å². The molecular weight excluding hydrogens is 222 g/mol. The summed E-state index contributed by atoms with van der Waals surface area (Å²) < 4.78 is 11.3. The Morgan fingerprint density at radius 2 is 2.19 bits per heavy atom. The van der Waals surface area contributed by atoms with Crippen molar-refractivity contribution in [2.75, 3.05) is 29.5 Å². The van der Waals surface area contributed by atoms with Crippen molar-refractivity contribution in [3.8, 4) is 0 Å². The van der Waals surface area contributed by atoms with Gasteiger partial charge in [0.25, 0.3) is 0 Å². The lowest BCUT2D eigenvalue weighted by Gasteiger charge is -2.27. The van der Waals surface area contributed by atoms with Crippen LogP contribution < -0.4 is 10.6 Å². The summed E-state index contributed by atoms with van der Waals surface area (Å²) in [5.74, 6) is 2.43. The van der Waals surface area contributed by atoms with Crippen LogP contribution in [-0.4, -0.2) is 33.8 Å². The van der Waals surface area contributed by atoms with Gasteiger partial charge in [-0.05, 0) is 24.6 Å². The fourth-order valence-corrected chi connectivity index (χ4v) is 2.81. The highest BCUT2D eigenvalue weighted by Gasteiger charge is 2.16. The molecule has 0 radical (unpaired) electrons. The molecule has 16 heavy (non-hydrogen) atoms. The van der Waals surface area contributed by atoms with E-state index in [2.05, 4.69) is 9.88 Å². The van der Waals surface area contributed by atoms with Gasteiger partial charge in [-0.25, -0.2) is 4.98 Å². The number of hydrogen-bond donors (Lipinski definition) is 1. The summed E-state index contributed by atoms with van der Waals surface area (Å²) >= 11 is 0. The van der Waals surface area contributed by atoms with Crippen LogP contribution in [0.5, 0.6) is 0 Å². The fourth-order valence-electron chi connectivity index (χ4n) is 1.76. The Morgan fingerprint density at radius 3 is 2.81 bits per heavy atom. The molecular formula is C11H17N3OS. The standard InChI is InChI=1S/C11H17N3OS/c1-9(12)10-2-3-13-11(8-10)14-4-6-16(15)7-5-14/h2-3,8-9H,4-7,12H2,1H3. The lowest BCUT2D eigenvalue weighted by molar-refractivity contribution is 0.672. The normalized spacial score (nSPS) is 19.8. The molecule has 1 aromatic rings. The van der Waals surface area contributed by atoms with Crippen LogP contribution in [0.1, 0.15) is 18.5 Å². The largest absolute Gasteiger partial charge is 0.355 e. The second-order valence-corrected chi connectivity index (χ2v) is 5.77. The Labute approximate surface area is 98.3 Å². The summed E-state index contributed by atoms with van der Waals surface area (Å²) in [6.45, 7) is 3.61. The predicted octanol–water partition coefficient (Wildman–Crippen LogP) is 0.670. The van der Waals surface area contributed by atoms with E-state index in [0.717, 1.165) is 36.0 Å². The lowest BCUT2D eigenvalue weighted by atomic mass is 10.1. The fraction of sp³-hybridized carbons (Fsp3) is 0.545. The zero-order valence-corrected chi connectivity index (χ0v) is 10.2. The molecule has 2 rings (SSSR count). The number of nitrogens with zero attached hydrogens (tertiary/aromatic N) is 2. The summed E-state index contributed by atoms with van der Waals surface area (Å²) in [5, 5.41) is 0. The molecule has 1 aromatic heterocycles. The highest BCUT2D eigenvalue weighted by atomic mass is 32.2. The first-order valence-corrected chi connectivity index (χ1v) is 6.97. The third-order valence-corrected chi connectivity index (χ3v) is 4.07. The number of pyridine rings is 1. The zero-order chi connectivity index (χ0) is 11.5. The van der Waals surface area contributed by atoms with E-state index >= 15 is 0 Å². The highest BCUT2D eigenvalue weighted by molar-refractivity contribution is 7.85. The van der Waals surface area contributed by atoms with Crippen LogP contribution >= 0.6 is 0 Å². The minimum atomic E-state index is -0.643. The van der Waals surface area contributed by atoms with Crippen molar-refractivity contribution >= 4 is 16.6 Å². The molecule has 88 valence electrons. The number of anilines is 1. The van der Waals surface area contributed by atoms with Gasteiger partial charge in [0.2, 0.25) is 0 Å². The van der Waals surface area contributed by atoms with E-state index in [1.54, 1.807) is 6.20 Å². The van der Waals surface area contributed by atoms with Crippen molar-refractivity contribution in [3.63, 3.8) is 0 Å². The molecule has 1 aliphatic heterocycles. The van der Waals surface area contributed by atoms with E-state index in [-0.39, 0.29) is 6.04 Å². The number of aromatic nitrogens is 1. The van der Waals surface area contributed by atoms with Gasteiger partial charge < -0.3 is 10.6 Å². The zero-order valence-electron chi connectivity index (χ0n) is 9.43. The van der Waals surface area contributed by atoms with Crippen molar-refractivity contribution < 1.29 is 4.21 Å². The van der Waals surface area contributed by atoms with E-state index in [9.17, 15) is 4.21 Å². The van der Waals surface area contributed by atoms with Crippen molar-refractivity contribution in [2.45, 2.75) is 13.0 Å². The first-order chi connectivity index (χ1) is 7.66. The molecule has 1 atom stereocenters. The van der Waals surface area contributed by atoms with Gasteiger partial charge in [-0.3, -0.25) is 4.21 Å². The summed E-state index contributed by atoms with van der Waals surface area (Å²) in [7, 11) is -0.643. The maximum atomic E-state index is 11.3. The predicted molar refractivity (Wildman–Crippen MR) is 66.9 cm³/mol. The third kappa shape index (κ3) is 2.59. The Hall–Kier alpha value is -0.940. The Kier molecular flexibility index (Phi) is 3.56. The number of hydrogen-bond acceptors (Lipinski definition) is 4. The molecule has 4 nitrogen and oxygen atoms in total. The van der Waals surface area contributed by atoms with Gasteiger partial charge in [0.1, 0.15) is 5.82 Å². The van der Waals surface area contributed by atoms with Gasteiger partial charge in [0.05, 0.1) is 0 Å². The second kappa shape index (κ2) is 4.93. The van der Waals surface area contributed by atoms with E-state index in [4.69, 9.17) is 5.73 Å². The molecule has 5 heteroatoms. The molecule has 1 fully saturated rings. The first kappa shape index (κ1) is 11.5. The molecule has 1 saturated heterocycles. The van der Waals surface area contributed by atoms with E-state index in [0.29, 0.717) is 0 Å². The van der Waals surface area contributed by atoms with Crippen molar-refractivity contribution in [1.82, 2.24) is 4.98 Å². The smallest absolute Gasteiger partial charge is 0.128 e. The molecule has 0 spiro atoms. The van der Waals surface area contributed by atoms with Crippen LogP contribution in [-0.2, 0) is 10.8 Å². The second-order valence-electron chi connectivity index (χ2n) is 4.07. The maximum Gasteiger partial charge on any atom is 0.128 e. The SMILES string of the molecule is CC(N)c1ccnc(N2CCS(=O)CC2)c1. The topological polar surface area (TPSA) is 59.2 Å². The Bertz CT molecular complexity index is 385. The molecule has 0 amide bonds. The molecule has 1 unspecified atom stereocenters. The number of nitrogens with two attached hydrogens (primary N) is 1. The molecule has 2 heterocycles. The molecule has 1 aliphatic rings. The van der Waals surface area contributed by atoms with Crippen LogP contribution in [0.4, 0.5) is 5.82 Å². The van der Waals surface area contributed by atoms with Crippen molar-refractivity contribution in [3.05, 3.63) is 23.9 Å². The lowest BCUT2D eigenvalue weighted by Crippen LogP contribution is -2.38. The molecule has 0 bridgehead atoms. The average molecular weight is 239 g/mol. The minimum Gasteiger partial charge on any atom is -0.355 e. The van der Waals surface area contributed by atoms with Crippen LogP contribution in [0.25, 0.3) is 0 Å². The summed E-state index contributed by atoms with van der Waals surface area (Å²) in [4.78, 5) is 6.52. The first-order valence-electron chi connectivity index (χ1n) is 5.48. The maximum absolute atomic E-state index is 11.3. The van der Waals surface area contributed by atoms with Gasteiger partial charge in [-0.2, -0.15) is 0 Å².